The number of amides is 8. The number of alkyl carbamates (subject to hydrolysis) is 2. The third-order valence-corrected chi connectivity index (χ3v) is 12.7. The number of nitrogens with zero attached hydrogens (tertiary/aromatic N) is 3. The van der Waals surface area contributed by atoms with E-state index in [0.29, 0.717) is 49.0 Å². The standard InChI is InChI=1S/C59H90N12O14/c1-36(2)29-43(64-48(72)35-62-49(73)47(69-57(83)85-59(8,9)10)33-40-34-63-70-71(40)28-20-18-25-41(60)54(78)79)50(74)66-44(30-37(3)4)51(75)67-46(32-39-23-15-12-16-24-39)53(77)68-45(31-38-21-13-11-14-22-38)52(76)65-42(55(80)81)26-17-19-27-61-56(82)84-58(5,6)7/h11-16,21-24,34,36-37,41-47H,17-20,25-33,35,60H2,1-10H3,(H,61,82)(H,62,73)(H,64,72)(H,65,76)(H,66,74)(H,67,75)(H,68,77)(H,69,83)(H,78,79)(H,80,81)/t41-,42+,43+,44+,45+,46+,47+/m0/s1. The highest BCUT2D eigenvalue weighted by Crippen LogP contribution is 2.15. The minimum absolute atomic E-state index is 0.00117. The normalized spacial score (nSPS) is 14.0. The Morgan fingerprint density at radius 2 is 0.988 bits per heavy atom. The Morgan fingerprint density at radius 1 is 0.529 bits per heavy atom. The van der Waals surface area contributed by atoms with Gasteiger partial charge >= 0.3 is 24.1 Å². The topological polar surface area (TPSA) is 383 Å². The van der Waals surface area contributed by atoms with Crippen molar-refractivity contribution < 1.29 is 67.6 Å². The van der Waals surface area contributed by atoms with Crippen LogP contribution in [-0.4, -0.2) is 151 Å². The fourth-order valence-corrected chi connectivity index (χ4v) is 8.63. The Labute approximate surface area is 497 Å². The Balaban J connectivity index is 1.82. The van der Waals surface area contributed by atoms with Crippen molar-refractivity contribution in [1.82, 2.24) is 57.5 Å². The van der Waals surface area contributed by atoms with E-state index in [4.69, 9.17) is 20.3 Å². The molecule has 0 aliphatic rings. The number of carbonyl (C=O) groups excluding carboxylic acids is 8. The van der Waals surface area contributed by atoms with Gasteiger partial charge in [-0.2, -0.15) is 0 Å². The molecule has 0 unspecified atom stereocenters. The van der Waals surface area contributed by atoms with Crippen molar-refractivity contribution in [2.45, 2.75) is 200 Å². The van der Waals surface area contributed by atoms with Crippen LogP contribution in [-0.2, 0) is 73.6 Å². The van der Waals surface area contributed by atoms with Crippen molar-refractivity contribution in [3.05, 3.63) is 83.7 Å². The van der Waals surface area contributed by atoms with Crippen LogP contribution in [0.3, 0.4) is 0 Å². The molecular formula is C59H90N12O14. The van der Waals surface area contributed by atoms with E-state index >= 15 is 0 Å². The Kier molecular flexibility index (Phi) is 29.5. The van der Waals surface area contributed by atoms with E-state index < -0.39 is 120 Å². The average Bonchev–Trinajstić information content (AvgIpc) is 4.02. The Hall–Kier alpha value is -8.16. The van der Waals surface area contributed by atoms with Crippen molar-refractivity contribution in [3.63, 3.8) is 0 Å². The second kappa shape index (κ2) is 35.2. The SMILES string of the molecule is CC(C)C[C@@H](NC(=O)CNC(=O)[C@@H](Cc1cnnn1CCCC[C@H](N)C(=O)O)NC(=O)OC(C)(C)C)C(=O)N[C@H](CC(C)C)C(=O)N[C@H](Cc1ccccc1)C(=O)N[C@H](Cc1ccccc1)C(=O)N[C@H](CCCCNC(=O)OC(C)(C)C)C(=O)O. The Bertz CT molecular complexity index is 2660. The number of carbonyl (C=O) groups is 10. The molecule has 0 spiro atoms. The summed E-state index contributed by atoms with van der Waals surface area (Å²) >= 11 is 0. The van der Waals surface area contributed by atoms with Crippen molar-refractivity contribution >= 4 is 59.6 Å². The van der Waals surface area contributed by atoms with Gasteiger partial charge in [-0.05, 0) is 116 Å². The predicted octanol–water partition coefficient (Wildman–Crippen LogP) is 3.19. The Morgan fingerprint density at radius 3 is 1.48 bits per heavy atom. The van der Waals surface area contributed by atoms with Gasteiger partial charge in [-0.15, -0.1) is 5.10 Å². The lowest BCUT2D eigenvalue weighted by Gasteiger charge is -2.28. The van der Waals surface area contributed by atoms with E-state index in [2.05, 4.69) is 52.8 Å². The molecule has 470 valence electrons. The monoisotopic (exact) mass is 1190 g/mol. The zero-order chi connectivity index (χ0) is 63.4. The molecule has 0 aliphatic carbocycles. The van der Waals surface area contributed by atoms with E-state index in [-0.39, 0.29) is 63.3 Å². The number of rotatable bonds is 35. The molecule has 7 atom stereocenters. The fourth-order valence-electron chi connectivity index (χ4n) is 8.63. The molecule has 85 heavy (non-hydrogen) atoms. The molecule has 0 saturated carbocycles. The lowest BCUT2D eigenvalue weighted by atomic mass is 9.98. The molecule has 26 nitrogen and oxygen atoms in total. The number of aryl methyl sites for hydroxylation is 1. The van der Waals surface area contributed by atoms with Crippen LogP contribution >= 0.6 is 0 Å². The average molecular weight is 1190 g/mol. The van der Waals surface area contributed by atoms with E-state index in [1.165, 1.54) is 10.9 Å². The highest BCUT2D eigenvalue weighted by molar-refractivity contribution is 5.97. The molecule has 0 aliphatic heterocycles. The van der Waals surface area contributed by atoms with Crippen molar-refractivity contribution in [2.24, 2.45) is 17.6 Å². The second-order valence-electron chi connectivity index (χ2n) is 23.8. The summed E-state index contributed by atoms with van der Waals surface area (Å²) in [4.78, 5) is 134. The molecule has 0 radical (unpaired) electrons. The number of carboxylic acid groups (broad SMARTS) is 2. The lowest BCUT2D eigenvalue weighted by Crippen LogP contribution is -2.60. The molecule has 12 N–H and O–H groups in total. The van der Waals surface area contributed by atoms with Gasteiger partial charge in [0.05, 0.1) is 18.4 Å². The summed E-state index contributed by atoms with van der Waals surface area (Å²) in [5, 5.41) is 48.5. The summed E-state index contributed by atoms with van der Waals surface area (Å²) < 4.78 is 12.2. The van der Waals surface area contributed by atoms with Crippen LogP contribution in [0, 0.1) is 11.8 Å². The van der Waals surface area contributed by atoms with Gasteiger partial charge < -0.3 is 68.0 Å². The lowest BCUT2D eigenvalue weighted by molar-refractivity contribution is -0.142. The number of aliphatic carboxylic acids is 2. The van der Waals surface area contributed by atoms with Crippen LogP contribution in [0.25, 0.3) is 0 Å². The fraction of sp³-hybridized carbons (Fsp3) is 0.593. The summed E-state index contributed by atoms with van der Waals surface area (Å²) in [5.41, 5.74) is 5.71. The molecule has 8 amide bonds. The van der Waals surface area contributed by atoms with E-state index in [0.717, 1.165) is 0 Å². The second-order valence-corrected chi connectivity index (χ2v) is 23.8. The van der Waals surface area contributed by atoms with Crippen LogP contribution < -0.4 is 48.3 Å². The van der Waals surface area contributed by atoms with Gasteiger partial charge in [0.2, 0.25) is 35.4 Å². The minimum Gasteiger partial charge on any atom is -0.480 e. The number of unbranched alkanes of at least 4 members (excludes halogenated alkanes) is 2. The van der Waals surface area contributed by atoms with Crippen LogP contribution in [0.2, 0.25) is 0 Å². The largest absolute Gasteiger partial charge is 0.480 e. The minimum atomic E-state index is -1.36. The summed E-state index contributed by atoms with van der Waals surface area (Å²) in [5.74, 6) is -7.42. The zero-order valence-corrected chi connectivity index (χ0v) is 50.7. The van der Waals surface area contributed by atoms with Crippen LogP contribution in [0.5, 0.6) is 0 Å². The van der Waals surface area contributed by atoms with Gasteiger partial charge in [0.15, 0.2) is 0 Å². The van der Waals surface area contributed by atoms with Crippen LogP contribution in [0.15, 0.2) is 66.9 Å². The third-order valence-electron chi connectivity index (χ3n) is 12.7. The quantitative estimate of drug-likeness (QED) is 0.0377. The van der Waals surface area contributed by atoms with Gasteiger partial charge in [0.1, 0.15) is 53.5 Å². The van der Waals surface area contributed by atoms with Crippen LogP contribution in [0.1, 0.15) is 137 Å². The van der Waals surface area contributed by atoms with Gasteiger partial charge in [0.25, 0.3) is 0 Å². The van der Waals surface area contributed by atoms with Gasteiger partial charge in [-0.1, -0.05) is 93.6 Å². The molecule has 3 rings (SSSR count). The summed E-state index contributed by atoms with van der Waals surface area (Å²) in [6.07, 6.45) is 1.63. The third kappa shape index (κ3) is 28.8. The molecule has 0 saturated heterocycles. The molecule has 3 aromatic rings. The molecule has 26 heteroatoms. The van der Waals surface area contributed by atoms with E-state index in [1.54, 1.807) is 102 Å². The maximum atomic E-state index is 14.6. The molecule has 0 bridgehead atoms. The number of ether oxygens (including phenoxy) is 2. The molecule has 2 aromatic carbocycles. The number of nitrogens with one attached hydrogen (secondary N) is 8. The first kappa shape index (κ1) is 71.1. The predicted molar refractivity (Wildman–Crippen MR) is 314 cm³/mol. The molecular weight excluding hydrogens is 1100 g/mol. The molecule has 1 heterocycles. The van der Waals surface area contributed by atoms with Crippen molar-refractivity contribution in [1.29, 1.82) is 0 Å². The van der Waals surface area contributed by atoms with Gasteiger partial charge in [-0.3, -0.25) is 33.6 Å². The highest BCUT2D eigenvalue weighted by Gasteiger charge is 2.34. The van der Waals surface area contributed by atoms with Gasteiger partial charge in [-0.25, -0.2) is 19.1 Å². The number of benzene rings is 2. The number of hydrogen-bond donors (Lipinski definition) is 11. The number of carboxylic acids is 2. The maximum Gasteiger partial charge on any atom is 0.408 e. The van der Waals surface area contributed by atoms with Gasteiger partial charge in [0, 0.05) is 32.4 Å². The molecule has 1 aromatic heterocycles. The van der Waals surface area contributed by atoms with Crippen molar-refractivity contribution in [2.75, 3.05) is 13.1 Å². The van der Waals surface area contributed by atoms with E-state index in [1.807, 2.05) is 27.7 Å². The number of hydrogen-bond acceptors (Lipinski definition) is 15. The zero-order valence-electron chi connectivity index (χ0n) is 50.7. The summed E-state index contributed by atoms with van der Waals surface area (Å²) in [7, 11) is 0. The summed E-state index contributed by atoms with van der Waals surface area (Å²) in [6, 6.07) is 8.66. The first-order valence-electron chi connectivity index (χ1n) is 28.8. The first-order valence-corrected chi connectivity index (χ1v) is 28.8. The van der Waals surface area contributed by atoms with Crippen molar-refractivity contribution in [3.8, 4) is 0 Å². The number of nitrogens with two attached hydrogens (primary N) is 1. The smallest absolute Gasteiger partial charge is 0.408 e. The van der Waals surface area contributed by atoms with Crippen LogP contribution in [0.4, 0.5) is 9.59 Å². The molecule has 0 fully saturated rings. The highest BCUT2D eigenvalue weighted by atomic mass is 16.6. The van der Waals surface area contributed by atoms with E-state index in [9.17, 15) is 53.1 Å². The number of aromatic nitrogens is 3. The maximum absolute atomic E-state index is 14.6. The first-order chi connectivity index (χ1) is 39.9. The summed E-state index contributed by atoms with van der Waals surface area (Å²) in [6.45, 7) is 17.2.